The molecule has 0 aromatic heterocycles. The number of rotatable bonds is 7. The van der Waals surface area contributed by atoms with Crippen LogP contribution in [0.2, 0.25) is 0 Å². The second kappa shape index (κ2) is 11.2. The fourth-order valence-electron chi connectivity index (χ4n) is 3.20. The van der Waals surface area contributed by atoms with Gasteiger partial charge in [-0.1, -0.05) is 12.1 Å². The first-order chi connectivity index (χ1) is 13.8. The van der Waals surface area contributed by atoms with E-state index in [-0.39, 0.29) is 17.4 Å². The van der Waals surface area contributed by atoms with Crippen LogP contribution in [0.25, 0.3) is 0 Å². The third-order valence-corrected chi connectivity index (χ3v) is 5.32. The van der Waals surface area contributed by atoms with Crippen LogP contribution >= 0.6 is 11.8 Å². The van der Waals surface area contributed by atoms with Gasteiger partial charge in [-0.25, -0.2) is 0 Å². The highest BCUT2D eigenvalue weighted by molar-refractivity contribution is 7.99. The monoisotopic (exact) mass is 417 g/mol. The lowest BCUT2D eigenvalue weighted by Gasteiger charge is -2.25. The molecule has 1 fully saturated rings. The van der Waals surface area contributed by atoms with Gasteiger partial charge in [-0.15, -0.1) is 11.8 Å². The summed E-state index contributed by atoms with van der Waals surface area (Å²) in [5, 5.41) is 14.7. The molecule has 8 heteroatoms. The van der Waals surface area contributed by atoms with Crippen molar-refractivity contribution in [2.24, 2.45) is 0 Å². The predicted octanol–water partition coefficient (Wildman–Crippen LogP) is 2.16. The fraction of sp³-hybridized carbons (Fsp3) is 0.571. The number of para-hydroxylation sites is 1. The molecule has 0 saturated carbocycles. The van der Waals surface area contributed by atoms with E-state index >= 15 is 0 Å². The summed E-state index contributed by atoms with van der Waals surface area (Å²) in [5.41, 5.74) is 0.516. The van der Waals surface area contributed by atoms with Gasteiger partial charge in [-0.05, 0) is 52.4 Å². The number of carbonyl (C=O) groups is 2. The molecular formula is C21H31N5O2S. The van der Waals surface area contributed by atoms with Crippen LogP contribution < -0.4 is 10.6 Å². The number of benzene rings is 1. The summed E-state index contributed by atoms with van der Waals surface area (Å²) in [5.74, 6) is 0.321. The number of amides is 2. The van der Waals surface area contributed by atoms with E-state index in [1.54, 1.807) is 0 Å². The third-order valence-electron chi connectivity index (χ3n) is 4.38. The first-order valence-electron chi connectivity index (χ1n) is 9.91. The van der Waals surface area contributed by atoms with Gasteiger partial charge in [-0.3, -0.25) is 19.4 Å². The number of hydrogen-bond acceptors (Lipinski definition) is 6. The van der Waals surface area contributed by atoms with E-state index in [1.807, 2.05) is 45.0 Å². The van der Waals surface area contributed by atoms with Gasteiger partial charge in [-0.2, -0.15) is 5.26 Å². The van der Waals surface area contributed by atoms with E-state index in [0.29, 0.717) is 18.8 Å². The van der Waals surface area contributed by atoms with Gasteiger partial charge >= 0.3 is 0 Å². The molecule has 1 saturated heterocycles. The van der Waals surface area contributed by atoms with Crippen molar-refractivity contribution in [2.45, 2.75) is 37.6 Å². The fourth-order valence-corrected chi connectivity index (χ4v) is 3.87. The lowest BCUT2D eigenvalue weighted by atomic mass is 10.1. The number of thioether (sulfide) groups is 1. The molecule has 0 atom stereocenters. The molecule has 0 bridgehead atoms. The standard InChI is InChI=1S/C21H31N5O2S/c1-21(2,3)24-20(28)16-26-11-6-10-25(12-13-26)15-19(27)23-17-7-4-5-8-18(17)29-14-9-22/h4-5,7-8H,6,10-16H2,1-3H3,(H,23,27)(H,24,28). The van der Waals surface area contributed by atoms with Crippen molar-refractivity contribution in [1.29, 1.82) is 5.26 Å². The van der Waals surface area contributed by atoms with Gasteiger partial charge in [0.1, 0.15) is 0 Å². The smallest absolute Gasteiger partial charge is 0.238 e. The number of hydrogen-bond donors (Lipinski definition) is 2. The van der Waals surface area contributed by atoms with Crippen molar-refractivity contribution in [3.8, 4) is 6.07 Å². The minimum atomic E-state index is -0.227. The topological polar surface area (TPSA) is 88.5 Å². The first kappa shape index (κ1) is 23.2. The predicted molar refractivity (Wildman–Crippen MR) is 117 cm³/mol. The van der Waals surface area contributed by atoms with Crippen molar-refractivity contribution in [2.75, 3.05) is 50.3 Å². The Kier molecular flexibility index (Phi) is 8.96. The summed E-state index contributed by atoms with van der Waals surface area (Å²) in [6.45, 7) is 9.83. The molecule has 0 radical (unpaired) electrons. The Bertz CT molecular complexity index is 741. The van der Waals surface area contributed by atoms with Crippen LogP contribution in [0.3, 0.4) is 0 Å². The summed E-state index contributed by atoms with van der Waals surface area (Å²) in [7, 11) is 0. The summed E-state index contributed by atoms with van der Waals surface area (Å²) >= 11 is 1.41. The number of nitrogens with one attached hydrogen (secondary N) is 2. The van der Waals surface area contributed by atoms with E-state index in [4.69, 9.17) is 5.26 Å². The molecule has 2 amide bonds. The van der Waals surface area contributed by atoms with Crippen molar-refractivity contribution in [3.63, 3.8) is 0 Å². The second-order valence-electron chi connectivity index (χ2n) is 8.20. The van der Waals surface area contributed by atoms with Crippen LogP contribution in [-0.2, 0) is 9.59 Å². The molecule has 1 aromatic rings. The molecular weight excluding hydrogens is 386 g/mol. The quantitative estimate of drug-likeness (QED) is 0.661. The molecule has 2 N–H and O–H groups in total. The average Bonchev–Trinajstić information content (AvgIpc) is 2.84. The molecule has 7 nitrogen and oxygen atoms in total. The largest absolute Gasteiger partial charge is 0.350 e. The maximum atomic E-state index is 12.5. The van der Waals surface area contributed by atoms with Crippen LogP contribution in [0.15, 0.2) is 29.2 Å². The van der Waals surface area contributed by atoms with E-state index in [2.05, 4.69) is 26.5 Å². The molecule has 0 unspecified atom stereocenters. The Morgan fingerprint density at radius 3 is 2.31 bits per heavy atom. The number of anilines is 1. The van der Waals surface area contributed by atoms with Crippen LogP contribution in [0.1, 0.15) is 27.2 Å². The molecule has 1 aliphatic heterocycles. The van der Waals surface area contributed by atoms with Gasteiger partial charge in [0.05, 0.1) is 30.6 Å². The van der Waals surface area contributed by atoms with Crippen molar-refractivity contribution >= 4 is 29.3 Å². The Hall–Kier alpha value is -2.08. The molecule has 158 valence electrons. The molecule has 29 heavy (non-hydrogen) atoms. The molecule has 1 aromatic carbocycles. The van der Waals surface area contributed by atoms with Crippen molar-refractivity contribution in [3.05, 3.63) is 24.3 Å². The highest BCUT2D eigenvalue weighted by atomic mass is 32.2. The lowest BCUT2D eigenvalue weighted by Crippen LogP contribution is -2.46. The second-order valence-corrected chi connectivity index (χ2v) is 9.21. The molecule has 1 aliphatic rings. The Morgan fingerprint density at radius 1 is 1.07 bits per heavy atom. The van der Waals surface area contributed by atoms with Crippen LogP contribution in [-0.4, -0.2) is 72.2 Å². The maximum absolute atomic E-state index is 12.5. The normalized spacial score (nSPS) is 15.9. The van der Waals surface area contributed by atoms with E-state index in [9.17, 15) is 9.59 Å². The van der Waals surface area contributed by atoms with E-state index in [0.717, 1.165) is 43.2 Å². The summed E-state index contributed by atoms with van der Waals surface area (Å²) in [4.78, 5) is 29.9. The molecule has 2 rings (SSSR count). The van der Waals surface area contributed by atoms with Crippen LogP contribution in [0, 0.1) is 11.3 Å². The van der Waals surface area contributed by atoms with Gasteiger partial charge in [0.25, 0.3) is 0 Å². The van der Waals surface area contributed by atoms with Crippen LogP contribution in [0.4, 0.5) is 5.69 Å². The minimum Gasteiger partial charge on any atom is -0.350 e. The Balaban J connectivity index is 1.82. The molecule has 0 aliphatic carbocycles. The number of nitrogens with zero attached hydrogens (tertiary/aromatic N) is 3. The Morgan fingerprint density at radius 2 is 1.69 bits per heavy atom. The Labute approximate surface area is 177 Å². The van der Waals surface area contributed by atoms with E-state index < -0.39 is 0 Å². The number of carbonyl (C=O) groups excluding carboxylic acids is 2. The highest BCUT2D eigenvalue weighted by Gasteiger charge is 2.21. The summed E-state index contributed by atoms with van der Waals surface area (Å²) < 4.78 is 0. The zero-order valence-electron chi connectivity index (χ0n) is 17.5. The van der Waals surface area contributed by atoms with Gasteiger partial charge in [0, 0.05) is 23.5 Å². The lowest BCUT2D eigenvalue weighted by molar-refractivity contribution is -0.123. The van der Waals surface area contributed by atoms with Crippen LogP contribution in [0.5, 0.6) is 0 Å². The van der Waals surface area contributed by atoms with Gasteiger partial charge < -0.3 is 10.6 Å². The van der Waals surface area contributed by atoms with E-state index in [1.165, 1.54) is 11.8 Å². The highest BCUT2D eigenvalue weighted by Crippen LogP contribution is 2.26. The average molecular weight is 418 g/mol. The SMILES string of the molecule is CC(C)(C)NC(=O)CN1CCCN(CC(=O)Nc2ccccc2SCC#N)CC1. The maximum Gasteiger partial charge on any atom is 0.238 e. The summed E-state index contributed by atoms with van der Waals surface area (Å²) in [6.07, 6.45) is 0.921. The summed E-state index contributed by atoms with van der Waals surface area (Å²) in [6, 6.07) is 9.64. The first-order valence-corrected chi connectivity index (χ1v) is 10.9. The zero-order chi connectivity index (χ0) is 21.3. The van der Waals surface area contributed by atoms with Crippen molar-refractivity contribution in [1.82, 2.24) is 15.1 Å². The zero-order valence-corrected chi connectivity index (χ0v) is 18.3. The van der Waals surface area contributed by atoms with Crippen molar-refractivity contribution < 1.29 is 9.59 Å². The number of nitriles is 1. The molecule has 1 heterocycles. The molecule has 0 spiro atoms. The minimum absolute atomic E-state index is 0.0372. The van der Waals surface area contributed by atoms with Gasteiger partial charge in [0.2, 0.25) is 11.8 Å². The third kappa shape index (κ3) is 8.86. The van der Waals surface area contributed by atoms with Gasteiger partial charge in [0.15, 0.2) is 0 Å².